The van der Waals surface area contributed by atoms with Crippen LogP contribution in [0.2, 0.25) is 5.02 Å². The zero-order chi connectivity index (χ0) is 26.9. The molecule has 1 aliphatic rings. The van der Waals surface area contributed by atoms with Crippen molar-refractivity contribution in [3.8, 4) is 11.5 Å². The van der Waals surface area contributed by atoms with Crippen LogP contribution in [0.3, 0.4) is 0 Å². The second-order valence-electron chi connectivity index (χ2n) is 8.76. The smallest absolute Gasteiger partial charge is 0.235 e. The van der Waals surface area contributed by atoms with Gasteiger partial charge in [-0.05, 0) is 36.4 Å². The van der Waals surface area contributed by atoms with Crippen LogP contribution in [-0.2, 0) is 32.4 Å². The van der Waals surface area contributed by atoms with Gasteiger partial charge < -0.3 is 25.3 Å². The third-order valence-corrected chi connectivity index (χ3v) is 6.86. The second kappa shape index (κ2) is 10.3. The lowest BCUT2D eigenvalue weighted by molar-refractivity contribution is -0.118. The monoisotopic (exact) mass is 554 g/mol. The quantitative estimate of drug-likeness (QED) is 0.286. The summed E-state index contributed by atoms with van der Waals surface area (Å²) in [7, 11) is -3.40. The Hall–Kier alpha value is -4.16. The molecule has 0 aliphatic carbocycles. The molecule has 0 unspecified atom stereocenters. The third-order valence-electron chi connectivity index (χ3n) is 5.78. The minimum Gasteiger partial charge on any atom is -0.455 e. The highest BCUT2D eigenvalue weighted by Gasteiger charge is 2.22. The zero-order valence-corrected chi connectivity index (χ0v) is 21.8. The number of amides is 2. The van der Waals surface area contributed by atoms with Crippen molar-refractivity contribution in [2.45, 2.75) is 13.0 Å². The minimum absolute atomic E-state index is 0.0844. The number of fused-ring (bicyclic) bond motifs is 2. The van der Waals surface area contributed by atoms with Gasteiger partial charge in [-0.2, -0.15) is 0 Å². The summed E-state index contributed by atoms with van der Waals surface area (Å²) in [6.07, 6.45) is 4.51. The van der Waals surface area contributed by atoms with Gasteiger partial charge in [0.1, 0.15) is 29.1 Å². The first-order valence-electron chi connectivity index (χ1n) is 11.6. The normalized spacial score (nSPS) is 12.7. The Morgan fingerprint density at radius 1 is 1.18 bits per heavy atom. The number of nitrogens with one attached hydrogen (secondary N) is 3. The molecule has 196 valence electrons. The Kier molecular flexibility index (Phi) is 6.91. The van der Waals surface area contributed by atoms with Crippen LogP contribution in [0, 0.1) is 0 Å². The van der Waals surface area contributed by atoms with Crippen molar-refractivity contribution in [2.24, 2.45) is 0 Å². The van der Waals surface area contributed by atoms with Crippen LogP contribution >= 0.6 is 11.6 Å². The van der Waals surface area contributed by atoms with Gasteiger partial charge >= 0.3 is 0 Å². The highest BCUT2D eigenvalue weighted by Crippen LogP contribution is 2.38. The summed E-state index contributed by atoms with van der Waals surface area (Å²) in [6.45, 7) is 0.613. The molecule has 2 amide bonds. The van der Waals surface area contributed by atoms with Gasteiger partial charge in [0.2, 0.25) is 11.8 Å². The third kappa shape index (κ3) is 5.71. The molecule has 38 heavy (non-hydrogen) atoms. The average molecular weight is 555 g/mol. The average Bonchev–Trinajstić information content (AvgIpc) is 3.43. The van der Waals surface area contributed by atoms with E-state index in [9.17, 15) is 18.0 Å². The highest BCUT2D eigenvalue weighted by molar-refractivity contribution is 7.91. The van der Waals surface area contributed by atoms with Crippen LogP contribution in [0.25, 0.3) is 11.0 Å². The lowest BCUT2D eigenvalue weighted by atomic mass is 10.1. The summed E-state index contributed by atoms with van der Waals surface area (Å²) in [5.41, 5.74) is 3.57. The Balaban J connectivity index is 1.31. The van der Waals surface area contributed by atoms with Gasteiger partial charge in [-0.15, -0.1) is 0 Å². The molecule has 0 bridgehead atoms. The number of anilines is 3. The van der Waals surface area contributed by atoms with Crippen molar-refractivity contribution in [3.05, 3.63) is 65.6 Å². The van der Waals surface area contributed by atoms with E-state index in [2.05, 4.69) is 25.9 Å². The summed E-state index contributed by atoms with van der Waals surface area (Å²) in [5.74, 6) is 0.321. The fraction of sp³-hybridized carbons (Fsp3) is 0.200. The maximum atomic E-state index is 11.8. The van der Waals surface area contributed by atoms with E-state index in [4.69, 9.17) is 16.3 Å². The fourth-order valence-corrected chi connectivity index (χ4v) is 4.95. The highest BCUT2D eigenvalue weighted by atomic mass is 35.5. The molecule has 0 atom stereocenters. The van der Waals surface area contributed by atoms with Gasteiger partial charge in [0.25, 0.3) is 0 Å². The van der Waals surface area contributed by atoms with Crippen LogP contribution < -0.4 is 20.7 Å². The van der Waals surface area contributed by atoms with Crippen LogP contribution in [0.4, 0.5) is 17.2 Å². The standard InChI is InChI=1S/C25H23ClN6O5S/c1-38(35,36)13-23(34)27-8-10-32-9-7-19-24(32)25(29-14-28-19)30-15-5-6-21(17(26)11-15)37-20-4-2-3-18-16(20)12-22(33)31-18/h2-7,9,11,14H,8,10,12-13H2,1H3,(H,27,34)(H,31,33)(H,28,29,30). The molecular formula is C25H23ClN6O5S. The molecule has 4 aromatic rings. The van der Waals surface area contributed by atoms with Crippen molar-refractivity contribution < 1.29 is 22.7 Å². The van der Waals surface area contributed by atoms with Gasteiger partial charge in [0.05, 0.1) is 17.0 Å². The number of benzene rings is 2. The second-order valence-corrected chi connectivity index (χ2v) is 11.3. The molecule has 0 fully saturated rings. The fourth-order valence-electron chi connectivity index (χ4n) is 4.15. The van der Waals surface area contributed by atoms with Gasteiger partial charge in [0.15, 0.2) is 15.7 Å². The van der Waals surface area contributed by atoms with E-state index in [1.165, 1.54) is 6.33 Å². The number of sulfone groups is 1. The molecule has 2 aromatic carbocycles. The first-order chi connectivity index (χ1) is 18.2. The van der Waals surface area contributed by atoms with E-state index in [0.29, 0.717) is 45.6 Å². The number of hydrogen-bond acceptors (Lipinski definition) is 8. The predicted molar refractivity (Wildman–Crippen MR) is 144 cm³/mol. The van der Waals surface area contributed by atoms with E-state index in [-0.39, 0.29) is 18.9 Å². The number of carbonyl (C=O) groups excluding carboxylic acids is 2. The van der Waals surface area contributed by atoms with E-state index in [1.807, 2.05) is 22.9 Å². The molecule has 3 N–H and O–H groups in total. The number of hydrogen-bond donors (Lipinski definition) is 3. The predicted octanol–water partition coefficient (Wildman–Crippen LogP) is 3.28. The summed E-state index contributed by atoms with van der Waals surface area (Å²) in [6, 6.07) is 12.5. The van der Waals surface area contributed by atoms with Crippen molar-refractivity contribution in [2.75, 3.05) is 29.2 Å². The van der Waals surface area contributed by atoms with E-state index >= 15 is 0 Å². The molecule has 0 spiro atoms. The SMILES string of the molecule is CS(=O)(=O)CC(=O)NCCn1ccc2ncnc(Nc3ccc(Oc4cccc5c4CC(=O)N5)c(Cl)c3)c21. The minimum atomic E-state index is -3.40. The van der Waals surface area contributed by atoms with Crippen molar-refractivity contribution in [3.63, 3.8) is 0 Å². The van der Waals surface area contributed by atoms with Gasteiger partial charge in [-0.3, -0.25) is 9.59 Å². The van der Waals surface area contributed by atoms with Crippen molar-refractivity contribution >= 4 is 61.5 Å². The van der Waals surface area contributed by atoms with Gasteiger partial charge in [-0.1, -0.05) is 17.7 Å². The van der Waals surface area contributed by atoms with Crippen LogP contribution in [-0.4, -0.2) is 53.3 Å². The first kappa shape index (κ1) is 25.5. The maximum Gasteiger partial charge on any atom is 0.235 e. The number of halogens is 1. The Morgan fingerprint density at radius 3 is 2.82 bits per heavy atom. The number of nitrogens with zero attached hydrogens (tertiary/aromatic N) is 3. The number of aromatic nitrogens is 3. The molecule has 1 aliphatic heterocycles. The molecule has 2 aromatic heterocycles. The van der Waals surface area contributed by atoms with Crippen molar-refractivity contribution in [1.82, 2.24) is 19.9 Å². The lowest BCUT2D eigenvalue weighted by Gasteiger charge is -2.14. The molecule has 11 nitrogen and oxygen atoms in total. The van der Waals surface area contributed by atoms with E-state index in [1.54, 1.807) is 30.3 Å². The van der Waals surface area contributed by atoms with Crippen molar-refractivity contribution in [1.29, 1.82) is 0 Å². The Bertz CT molecular complexity index is 1670. The Morgan fingerprint density at radius 2 is 2.03 bits per heavy atom. The zero-order valence-electron chi connectivity index (χ0n) is 20.2. The molecule has 13 heteroatoms. The number of rotatable bonds is 9. The topological polar surface area (TPSA) is 144 Å². The van der Waals surface area contributed by atoms with Crippen LogP contribution in [0.5, 0.6) is 11.5 Å². The van der Waals surface area contributed by atoms with Crippen LogP contribution in [0.15, 0.2) is 55.0 Å². The van der Waals surface area contributed by atoms with Gasteiger partial charge in [-0.25, -0.2) is 18.4 Å². The molecule has 3 heterocycles. The summed E-state index contributed by atoms with van der Waals surface area (Å²) < 4.78 is 30.5. The first-order valence-corrected chi connectivity index (χ1v) is 14.0. The lowest BCUT2D eigenvalue weighted by Crippen LogP contribution is -2.32. The summed E-state index contributed by atoms with van der Waals surface area (Å²) in [5, 5.41) is 9.02. The molecule has 0 saturated heterocycles. The molecule has 0 saturated carbocycles. The molecular weight excluding hydrogens is 532 g/mol. The van der Waals surface area contributed by atoms with Gasteiger partial charge in [0, 0.05) is 42.5 Å². The number of carbonyl (C=O) groups is 2. The van der Waals surface area contributed by atoms with Crippen LogP contribution in [0.1, 0.15) is 5.56 Å². The molecule has 5 rings (SSSR count). The summed E-state index contributed by atoms with van der Waals surface area (Å²) >= 11 is 6.53. The maximum absolute atomic E-state index is 11.8. The molecule has 0 radical (unpaired) electrons. The Labute approximate surface area is 223 Å². The largest absolute Gasteiger partial charge is 0.455 e. The number of ether oxygens (including phenoxy) is 1. The summed E-state index contributed by atoms with van der Waals surface area (Å²) in [4.78, 5) is 32.3. The van der Waals surface area contributed by atoms with E-state index in [0.717, 1.165) is 17.5 Å². The van der Waals surface area contributed by atoms with E-state index < -0.39 is 21.5 Å².